The first-order valence-corrected chi connectivity index (χ1v) is 3.77. The normalized spacial score (nSPS) is 9.31. The van der Waals surface area contributed by atoms with E-state index in [-0.39, 0.29) is 5.75 Å². The molecule has 0 heterocycles. The zero-order valence-corrected chi connectivity index (χ0v) is 7.28. The third-order valence-corrected chi connectivity index (χ3v) is 1.55. The lowest BCUT2D eigenvalue weighted by Crippen LogP contribution is -2.02. The molecule has 0 radical (unpaired) electrons. The summed E-state index contributed by atoms with van der Waals surface area (Å²) >= 11 is 0. The largest absolute Gasteiger partial charge is 0.508 e. The summed E-state index contributed by atoms with van der Waals surface area (Å²) in [6.07, 6.45) is 1.09. The maximum absolute atomic E-state index is 10.8. The highest BCUT2D eigenvalue weighted by Gasteiger charge is 2.01. The van der Waals surface area contributed by atoms with Crippen LogP contribution in [0, 0.1) is 6.92 Å². The van der Waals surface area contributed by atoms with Gasteiger partial charge in [0.1, 0.15) is 11.5 Å². The van der Waals surface area contributed by atoms with Crippen molar-refractivity contribution in [2.45, 2.75) is 6.92 Å². The Balaban J connectivity index is 2.85. The van der Waals surface area contributed by atoms with Crippen LogP contribution >= 0.6 is 0 Å². The van der Waals surface area contributed by atoms with E-state index in [9.17, 15) is 9.90 Å². The van der Waals surface area contributed by atoms with Crippen molar-refractivity contribution < 1.29 is 14.6 Å². The number of carbonyl (C=O) groups is 1. The van der Waals surface area contributed by atoms with E-state index in [1.807, 2.05) is 0 Å². The van der Waals surface area contributed by atoms with Crippen molar-refractivity contribution >= 4 is 5.97 Å². The number of benzene rings is 1. The fourth-order valence-electron chi connectivity index (χ4n) is 0.849. The molecule has 0 saturated carbocycles. The van der Waals surface area contributed by atoms with Gasteiger partial charge in [0.2, 0.25) is 0 Å². The number of carbonyl (C=O) groups excluding carboxylic acids is 1. The van der Waals surface area contributed by atoms with E-state index in [0.717, 1.165) is 6.08 Å². The zero-order valence-electron chi connectivity index (χ0n) is 7.28. The van der Waals surface area contributed by atoms with E-state index >= 15 is 0 Å². The first-order chi connectivity index (χ1) is 6.13. The van der Waals surface area contributed by atoms with Crippen molar-refractivity contribution in [1.82, 2.24) is 0 Å². The average molecular weight is 178 g/mol. The number of hydrogen-bond acceptors (Lipinski definition) is 3. The van der Waals surface area contributed by atoms with Crippen LogP contribution in [0.2, 0.25) is 0 Å². The van der Waals surface area contributed by atoms with Gasteiger partial charge in [-0.1, -0.05) is 6.58 Å². The van der Waals surface area contributed by atoms with Crippen molar-refractivity contribution in [1.29, 1.82) is 0 Å². The molecule has 1 rings (SSSR count). The molecule has 1 N–H and O–H groups in total. The van der Waals surface area contributed by atoms with Crippen LogP contribution in [0.3, 0.4) is 0 Å². The fraction of sp³-hybridized carbons (Fsp3) is 0.100. The van der Waals surface area contributed by atoms with E-state index in [1.54, 1.807) is 13.0 Å². The standard InChI is InChI=1S/C10H10O3/c1-3-10(12)13-8-4-5-9(11)7(2)6-8/h3-6,11H,1H2,2H3. The van der Waals surface area contributed by atoms with Gasteiger partial charge in [-0.15, -0.1) is 0 Å². The molecule has 0 aromatic heterocycles. The summed E-state index contributed by atoms with van der Waals surface area (Å²) in [5.74, 6) is 0.0729. The van der Waals surface area contributed by atoms with Crippen LogP contribution in [-0.2, 0) is 4.79 Å². The molecule has 0 saturated heterocycles. The number of aromatic hydroxyl groups is 1. The first-order valence-electron chi connectivity index (χ1n) is 3.77. The molecular formula is C10H10O3. The second kappa shape index (κ2) is 3.76. The number of aryl methyl sites for hydroxylation is 1. The minimum Gasteiger partial charge on any atom is -0.508 e. The summed E-state index contributed by atoms with van der Waals surface area (Å²) in [6, 6.07) is 4.57. The Hall–Kier alpha value is -1.77. The SMILES string of the molecule is C=CC(=O)Oc1ccc(O)c(C)c1. The second-order valence-electron chi connectivity index (χ2n) is 2.57. The summed E-state index contributed by atoms with van der Waals surface area (Å²) in [7, 11) is 0. The topological polar surface area (TPSA) is 46.5 Å². The molecule has 0 aliphatic carbocycles. The van der Waals surface area contributed by atoms with Gasteiger partial charge in [-0.05, 0) is 30.7 Å². The monoisotopic (exact) mass is 178 g/mol. The Morgan fingerprint density at radius 1 is 1.62 bits per heavy atom. The molecule has 0 bridgehead atoms. The lowest BCUT2D eigenvalue weighted by molar-refractivity contribution is -0.128. The molecule has 1 aromatic rings. The minimum absolute atomic E-state index is 0.179. The van der Waals surface area contributed by atoms with Crippen molar-refractivity contribution in [3.8, 4) is 11.5 Å². The van der Waals surface area contributed by atoms with E-state index < -0.39 is 5.97 Å². The minimum atomic E-state index is -0.509. The molecule has 1 aromatic carbocycles. The number of phenols is 1. The van der Waals surface area contributed by atoms with Gasteiger partial charge in [-0.3, -0.25) is 0 Å². The quantitative estimate of drug-likeness (QED) is 0.426. The van der Waals surface area contributed by atoms with Crippen molar-refractivity contribution in [3.05, 3.63) is 36.4 Å². The highest BCUT2D eigenvalue weighted by molar-refractivity contribution is 5.83. The summed E-state index contributed by atoms with van der Waals surface area (Å²) in [5.41, 5.74) is 0.661. The molecule has 0 aliphatic heterocycles. The van der Waals surface area contributed by atoms with Crippen LogP contribution in [0.1, 0.15) is 5.56 Å². The summed E-state index contributed by atoms with van der Waals surface area (Å²) < 4.78 is 4.83. The van der Waals surface area contributed by atoms with Crippen LogP contribution < -0.4 is 4.74 Å². The van der Waals surface area contributed by atoms with Gasteiger partial charge in [-0.2, -0.15) is 0 Å². The lowest BCUT2D eigenvalue weighted by atomic mass is 10.2. The van der Waals surface area contributed by atoms with Crippen LogP contribution in [0.5, 0.6) is 11.5 Å². The van der Waals surface area contributed by atoms with E-state index in [2.05, 4.69) is 6.58 Å². The smallest absolute Gasteiger partial charge is 0.335 e. The Kier molecular flexibility index (Phi) is 2.69. The molecule has 0 unspecified atom stereocenters. The van der Waals surface area contributed by atoms with Crippen LogP contribution in [0.15, 0.2) is 30.9 Å². The number of phenolic OH excluding ortho intramolecular Hbond substituents is 1. The average Bonchev–Trinajstić information content (AvgIpc) is 2.11. The molecule has 3 heteroatoms. The molecule has 3 nitrogen and oxygen atoms in total. The van der Waals surface area contributed by atoms with Crippen LogP contribution in [0.4, 0.5) is 0 Å². The number of hydrogen-bond donors (Lipinski definition) is 1. The highest BCUT2D eigenvalue weighted by Crippen LogP contribution is 2.21. The van der Waals surface area contributed by atoms with Crippen LogP contribution in [0.25, 0.3) is 0 Å². The second-order valence-corrected chi connectivity index (χ2v) is 2.57. The Morgan fingerprint density at radius 2 is 2.31 bits per heavy atom. The van der Waals surface area contributed by atoms with Gasteiger partial charge in [0.25, 0.3) is 0 Å². The molecule has 0 amide bonds. The summed E-state index contributed by atoms with van der Waals surface area (Å²) in [5, 5.41) is 9.17. The summed E-state index contributed by atoms with van der Waals surface area (Å²) in [6.45, 7) is 5.00. The van der Waals surface area contributed by atoms with Crippen molar-refractivity contribution in [2.24, 2.45) is 0 Å². The molecule has 13 heavy (non-hydrogen) atoms. The molecule has 0 aliphatic rings. The maximum Gasteiger partial charge on any atom is 0.335 e. The number of rotatable bonds is 2. The Bertz CT molecular complexity index is 342. The van der Waals surface area contributed by atoms with E-state index in [4.69, 9.17) is 4.74 Å². The Labute approximate surface area is 76.3 Å². The van der Waals surface area contributed by atoms with Gasteiger partial charge >= 0.3 is 5.97 Å². The maximum atomic E-state index is 10.8. The third-order valence-electron chi connectivity index (χ3n) is 1.55. The fourth-order valence-corrected chi connectivity index (χ4v) is 0.849. The molecule has 0 atom stereocenters. The van der Waals surface area contributed by atoms with Crippen LogP contribution in [-0.4, -0.2) is 11.1 Å². The van der Waals surface area contributed by atoms with Gasteiger partial charge in [-0.25, -0.2) is 4.79 Å². The van der Waals surface area contributed by atoms with Crippen molar-refractivity contribution in [3.63, 3.8) is 0 Å². The van der Waals surface area contributed by atoms with E-state index in [1.165, 1.54) is 12.1 Å². The number of esters is 1. The Morgan fingerprint density at radius 3 is 2.85 bits per heavy atom. The molecule has 68 valence electrons. The van der Waals surface area contributed by atoms with Gasteiger partial charge in [0.05, 0.1) is 0 Å². The molecule has 0 fully saturated rings. The first kappa shape index (κ1) is 9.32. The molecular weight excluding hydrogens is 168 g/mol. The van der Waals surface area contributed by atoms with Gasteiger partial charge < -0.3 is 9.84 Å². The summed E-state index contributed by atoms with van der Waals surface area (Å²) in [4.78, 5) is 10.8. The third kappa shape index (κ3) is 2.33. The van der Waals surface area contributed by atoms with Crippen molar-refractivity contribution in [2.75, 3.05) is 0 Å². The van der Waals surface area contributed by atoms with Gasteiger partial charge in [0.15, 0.2) is 0 Å². The number of ether oxygens (including phenoxy) is 1. The molecule has 0 spiro atoms. The van der Waals surface area contributed by atoms with E-state index in [0.29, 0.717) is 11.3 Å². The van der Waals surface area contributed by atoms with Gasteiger partial charge in [0, 0.05) is 6.08 Å². The predicted molar refractivity (Wildman–Crippen MR) is 48.7 cm³/mol. The predicted octanol–water partition coefficient (Wildman–Crippen LogP) is 1.79. The highest BCUT2D eigenvalue weighted by atomic mass is 16.5. The lowest BCUT2D eigenvalue weighted by Gasteiger charge is -2.03. The zero-order chi connectivity index (χ0) is 9.84.